The molecule has 0 aromatic carbocycles. The van der Waals surface area contributed by atoms with E-state index in [4.69, 9.17) is 4.74 Å². The van der Waals surface area contributed by atoms with Crippen LogP contribution in [0.4, 0.5) is 0 Å². The monoisotopic (exact) mass is 483 g/mol. The summed E-state index contributed by atoms with van der Waals surface area (Å²) in [6.45, 7) is 0.283. The SMILES string of the molecule is O=C(COC1CCCCCCC1)NC12CC(C3CCCC(BC4CCCCCCC4)CCC3)(C1)C2. The molecule has 6 rings (SSSR count). The number of ether oxygens (including phenoxy) is 1. The minimum Gasteiger partial charge on any atom is -0.368 e. The molecule has 0 unspecified atom stereocenters. The maximum Gasteiger partial charge on any atom is 0.246 e. The molecule has 6 aliphatic rings. The second-order valence-electron chi connectivity index (χ2n) is 13.9. The van der Waals surface area contributed by atoms with Crippen LogP contribution in [0.25, 0.3) is 0 Å². The van der Waals surface area contributed by atoms with Gasteiger partial charge in [0, 0.05) is 5.54 Å². The summed E-state index contributed by atoms with van der Waals surface area (Å²) < 4.78 is 6.05. The predicted molar refractivity (Wildman–Crippen MR) is 147 cm³/mol. The van der Waals surface area contributed by atoms with E-state index in [2.05, 4.69) is 5.32 Å². The summed E-state index contributed by atoms with van der Waals surface area (Å²) in [7, 11) is 1.54. The highest BCUT2D eigenvalue weighted by molar-refractivity contribution is 6.39. The third kappa shape index (κ3) is 6.88. The van der Waals surface area contributed by atoms with Crippen molar-refractivity contribution in [2.24, 2.45) is 11.3 Å². The molecule has 35 heavy (non-hydrogen) atoms. The van der Waals surface area contributed by atoms with Crippen molar-refractivity contribution >= 4 is 13.2 Å². The van der Waals surface area contributed by atoms with Gasteiger partial charge in [0.05, 0.1) is 6.10 Å². The molecule has 1 N–H and O–H groups in total. The Morgan fingerprint density at radius 2 is 1.14 bits per heavy atom. The molecule has 6 fully saturated rings. The number of hydrogen-bond acceptors (Lipinski definition) is 2. The van der Waals surface area contributed by atoms with Crippen molar-refractivity contribution in [2.45, 2.75) is 171 Å². The first-order valence-electron chi connectivity index (χ1n) is 16.1. The van der Waals surface area contributed by atoms with E-state index < -0.39 is 0 Å². The molecule has 0 spiro atoms. The van der Waals surface area contributed by atoms with Crippen LogP contribution in [0.1, 0.15) is 148 Å². The lowest BCUT2D eigenvalue weighted by Crippen LogP contribution is -2.76. The molecular weight excluding hydrogens is 429 g/mol. The summed E-state index contributed by atoms with van der Waals surface area (Å²) in [5.41, 5.74) is 0.727. The van der Waals surface area contributed by atoms with Gasteiger partial charge < -0.3 is 10.1 Å². The molecule has 0 aromatic heterocycles. The molecule has 0 atom stereocenters. The summed E-state index contributed by atoms with van der Waals surface area (Å²) in [4.78, 5) is 12.7. The number of nitrogens with one attached hydrogen (secondary N) is 1. The molecule has 2 bridgehead atoms. The third-order valence-electron chi connectivity index (χ3n) is 11.1. The second kappa shape index (κ2) is 12.4. The van der Waals surface area contributed by atoms with Crippen LogP contribution in [0, 0.1) is 11.3 Å². The van der Waals surface area contributed by atoms with Crippen LogP contribution in [0.15, 0.2) is 0 Å². The van der Waals surface area contributed by atoms with Crippen LogP contribution in [0.3, 0.4) is 0 Å². The lowest BCUT2D eigenvalue weighted by molar-refractivity contribution is -0.199. The van der Waals surface area contributed by atoms with Crippen LogP contribution in [0.2, 0.25) is 11.6 Å². The van der Waals surface area contributed by atoms with Crippen LogP contribution in [0.5, 0.6) is 0 Å². The lowest BCUT2D eigenvalue weighted by atomic mass is 9.34. The smallest absolute Gasteiger partial charge is 0.246 e. The van der Waals surface area contributed by atoms with Gasteiger partial charge in [0.25, 0.3) is 0 Å². The minimum absolute atomic E-state index is 0.143. The third-order valence-corrected chi connectivity index (χ3v) is 11.1. The molecule has 0 radical (unpaired) electrons. The van der Waals surface area contributed by atoms with Crippen molar-refractivity contribution in [2.75, 3.05) is 6.61 Å². The first kappa shape index (κ1) is 26.1. The van der Waals surface area contributed by atoms with Crippen molar-refractivity contribution < 1.29 is 9.53 Å². The van der Waals surface area contributed by atoms with Crippen LogP contribution < -0.4 is 5.32 Å². The van der Waals surface area contributed by atoms with Crippen LogP contribution >= 0.6 is 0 Å². The average Bonchev–Trinajstić information content (AvgIpc) is 2.72. The maximum atomic E-state index is 12.7. The normalized spacial score (nSPS) is 37.7. The Balaban J connectivity index is 0.989. The van der Waals surface area contributed by atoms with Gasteiger partial charge in [-0.15, -0.1) is 0 Å². The van der Waals surface area contributed by atoms with Gasteiger partial charge in [-0.2, -0.15) is 0 Å². The molecule has 0 heterocycles. The van der Waals surface area contributed by atoms with Crippen molar-refractivity contribution in [3.8, 4) is 0 Å². The molecule has 0 aromatic rings. The zero-order chi connectivity index (χ0) is 24.0. The predicted octanol–water partition coefficient (Wildman–Crippen LogP) is 7.88. The van der Waals surface area contributed by atoms with Gasteiger partial charge in [0.1, 0.15) is 13.9 Å². The van der Waals surface area contributed by atoms with Gasteiger partial charge in [0.15, 0.2) is 0 Å². The highest BCUT2D eigenvalue weighted by atomic mass is 16.5. The summed E-state index contributed by atoms with van der Waals surface area (Å²) >= 11 is 0. The minimum atomic E-state index is 0.143. The maximum absolute atomic E-state index is 12.7. The Morgan fingerprint density at radius 1 is 0.657 bits per heavy atom. The Morgan fingerprint density at radius 3 is 1.71 bits per heavy atom. The number of amides is 1. The van der Waals surface area contributed by atoms with Crippen LogP contribution in [-0.2, 0) is 9.53 Å². The van der Waals surface area contributed by atoms with E-state index >= 15 is 0 Å². The quantitative estimate of drug-likeness (QED) is 0.374. The van der Waals surface area contributed by atoms with Gasteiger partial charge in [-0.05, 0) is 56.3 Å². The molecule has 0 saturated heterocycles. The largest absolute Gasteiger partial charge is 0.368 e. The van der Waals surface area contributed by atoms with Gasteiger partial charge in [-0.25, -0.2) is 0 Å². The van der Waals surface area contributed by atoms with E-state index in [-0.39, 0.29) is 18.1 Å². The molecule has 6 aliphatic carbocycles. The molecule has 198 valence electrons. The number of hydrogen-bond donors (Lipinski definition) is 1. The fourth-order valence-corrected chi connectivity index (χ4v) is 9.23. The number of carbonyl (C=O) groups excluding carboxylic acids is 1. The number of rotatable bonds is 7. The van der Waals surface area contributed by atoms with Gasteiger partial charge in [-0.1, -0.05) is 114 Å². The van der Waals surface area contributed by atoms with Crippen molar-refractivity contribution in [1.29, 1.82) is 0 Å². The fourth-order valence-electron chi connectivity index (χ4n) is 9.23. The Hall–Kier alpha value is -0.505. The molecular formula is C31H54BNO2. The fraction of sp³-hybridized carbons (Fsp3) is 0.968. The van der Waals surface area contributed by atoms with Crippen LogP contribution in [-0.4, -0.2) is 31.4 Å². The average molecular weight is 484 g/mol. The summed E-state index contributed by atoms with van der Waals surface area (Å²) in [6.07, 6.45) is 32.2. The van der Waals surface area contributed by atoms with E-state index in [0.717, 1.165) is 30.4 Å². The summed E-state index contributed by atoms with van der Waals surface area (Å²) in [5, 5.41) is 3.42. The topological polar surface area (TPSA) is 38.3 Å². The summed E-state index contributed by atoms with van der Waals surface area (Å²) in [5.74, 6) is 3.12. The van der Waals surface area contributed by atoms with E-state index in [1.807, 2.05) is 0 Å². The van der Waals surface area contributed by atoms with E-state index in [1.165, 1.54) is 142 Å². The second-order valence-corrected chi connectivity index (χ2v) is 13.9. The van der Waals surface area contributed by atoms with Crippen molar-refractivity contribution in [1.82, 2.24) is 5.32 Å². The Bertz CT molecular complexity index is 635. The molecule has 4 heteroatoms. The first-order chi connectivity index (χ1) is 17.1. The molecule has 6 saturated carbocycles. The molecule has 1 amide bonds. The standard InChI is InChI=1S/C31H54BNO2/c34-29(21-35-28-19-9-5-2-6-10-20-28)33-31-22-30(23-31,24-31)25-13-11-17-27(18-12-14-25)32-26-15-7-3-1-4-8-16-26/h25-28,32H,1-24H2,(H,33,34). The van der Waals surface area contributed by atoms with Gasteiger partial charge in [0.2, 0.25) is 5.91 Å². The molecule has 3 nitrogen and oxygen atoms in total. The first-order valence-corrected chi connectivity index (χ1v) is 16.1. The molecule has 0 aliphatic heterocycles. The Kier molecular flexibility index (Phi) is 9.22. The zero-order valence-electron chi connectivity index (χ0n) is 22.8. The highest BCUT2D eigenvalue weighted by Crippen LogP contribution is 2.72. The van der Waals surface area contributed by atoms with Crippen molar-refractivity contribution in [3.63, 3.8) is 0 Å². The van der Waals surface area contributed by atoms with Gasteiger partial charge in [-0.3, -0.25) is 4.79 Å². The number of carbonyl (C=O) groups is 1. The van der Waals surface area contributed by atoms with E-state index in [9.17, 15) is 4.79 Å². The van der Waals surface area contributed by atoms with E-state index in [0.29, 0.717) is 11.5 Å². The van der Waals surface area contributed by atoms with Crippen molar-refractivity contribution in [3.05, 3.63) is 0 Å². The van der Waals surface area contributed by atoms with E-state index in [1.54, 1.807) is 0 Å². The lowest BCUT2D eigenvalue weighted by Gasteiger charge is -2.73. The van der Waals surface area contributed by atoms with Gasteiger partial charge >= 0.3 is 0 Å². The zero-order valence-corrected chi connectivity index (χ0v) is 22.8. The summed E-state index contributed by atoms with van der Waals surface area (Å²) in [6, 6.07) is 0. The highest BCUT2D eigenvalue weighted by Gasteiger charge is 2.70. The Labute approximate surface area is 216 Å².